The first-order valence-electron chi connectivity index (χ1n) is 12.4. The standard InChI is InChI=1S/C31H24ClN5/c1-21-28-29(24-16-8-9-17-25(24)32)36-27-19-11-10-18-26(27)35(20-22-12-4-2-5-13-22)31(36)33-30(28)37(34-21)23-14-6-3-7-15-23/h2-19,29H,20H2,1H3. The number of halogens is 1. The highest BCUT2D eigenvalue weighted by Gasteiger charge is 2.44. The molecule has 1 aromatic heterocycles. The van der Waals surface area contributed by atoms with Gasteiger partial charge in [-0.1, -0.05) is 90.5 Å². The molecule has 0 saturated carbocycles. The van der Waals surface area contributed by atoms with Crippen LogP contribution in [0.3, 0.4) is 0 Å². The van der Waals surface area contributed by atoms with E-state index >= 15 is 0 Å². The van der Waals surface area contributed by atoms with Gasteiger partial charge in [0.1, 0.15) is 0 Å². The maximum atomic E-state index is 6.88. The Labute approximate surface area is 220 Å². The molecule has 0 bridgehead atoms. The van der Waals surface area contributed by atoms with Crippen molar-refractivity contribution in [2.24, 2.45) is 4.99 Å². The quantitative estimate of drug-likeness (QED) is 0.256. The van der Waals surface area contributed by atoms with Gasteiger partial charge in [0.05, 0.1) is 35.3 Å². The van der Waals surface area contributed by atoms with E-state index in [1.807, 2.05) is 47.1 Å². The highest BCUT2D eigenvalue weighted by Crippen LogP contribution is 2.51. The van der Waals surface area contributed by atoms with Crippen LogP contribution in [0.15, 0.2) is 114 Å². The van der Waals surface area contributed by atoms with Crippen LogP contribution in [0, 0.1) is 6.92 Å². The highest BCUT2D eigenvalue weighted by molar-refractivity contribution is 6.31. The number of benzene rings is 4. The van der Waals surface area contributed by atoms with Gasteiger partial charge in [0, 0.05) is 10.6 Å². The van der Waals surface area contributed by atoms with Crippen LogP contribution >= 0.6 is 11.6 Å². The largest absolute Gasteiger partial charge is 0.305 e. The molecule has 0 amide bonds. The predicted octanol–water partition coefficient (Wildman–Crippen LogP) is 7.45. The molecule has 1 unspecified atom stereocenters. The lowest BCUT2D eigenvalue weighted by Gasteiger charge is -2.35. The molecule has 7 rings (SSSR count). The zero-order valence-corrected chi connectivity index (χ0v) is 21.0. The summed E-state index contributed by atoms with van der Waals surface area (Å²) in [6.07, 6.45) is 0. The van der Waals surface area contributed by atoms with Crippen molar-refractivity contribution >= 4 is 34.8 Å². The molecule has 0 aliphatic carbocycles. The molecule has 180 valence electrons. The van der Waals surface area contributed by atoms with Crippen LogP contribution in [0.1, 0.15) is 28.4 Å². The third-order valence-corrected chi connectivity index (χ3v) is 7.44. The molecule has 2 aliphatic heterocycles. The van der Waals surface area contributed by atoms with Crippen LogP contribution < -0.4 is 9.80 Å². The minimum Gasteiger partial charge on any atom is -0.305 e. The number of guanidine groups is 1. The monoisotopic (exact) mass is 501 g/mol. The average molecular weight is 502 g/mol. The molecular formula is C31H24ClN5. The smallest absolute Gasteiger partial charge is 0.213 e. The van der Waals surface area contributed by atoms with Gasteiger partial charge in [0.25, 0.3) is 0 Å². The molecule has 0 N–H and O–H groups in total. The molecule has 5 nitrogen and oxygen atoms in total. The van der Waals surface area contributed by atoms with Crippen LogP contribution in [0.5, 0.6) is 0 Å². The molecule has 4 aromatic carbocycles. The summed E-state index contributed by atoms with van der Waals surface area (Å²) >= 11 is 6.88. The van der Waals surface area contributed by atoms with Crippen LogP contribution in [0.4, 0.5) is 17.2 Å². The van der Waals surface area contributed by atoms with Gasteiger partial charge < -0.3 is 4.90 Å². The number of aryl methyl sites for hydroxylation is 1. The number of anilines is 2. The minimum atomic E-state index is -0.171. The van der Waals surface area contributed by atoms with Crippen LogP contribution in [-0.2, 0) is 6.54 Å². The summed E-state index contributed by atoms with van der Waals surface area (Å²) in [6, 6.07) is 37.2. The Hall–Kier alpha value is -4.35. The van der Waals surface area contributed by atoms with Crippen molar-refractivity contribution in [3.05, 3.63) is 137 Å². The topological polar surface area (TPSA) is 36.7 Å². The fourth-order valence-corrected chi connectivity index (χ4v) is 5.69. The summed E-state index contributed by atoms with van der Waals surface area (Å²) < 4.78 is 1.96. The summed E-state index contributed by atoms with van der Waals surface area (Å²) in [6.45, 7) is 2.77. The van der Waals surface area contributed by atoms with E-state index in [0.29, 0.717) is 6.54 Å². The molecule has 3 heterocycles. The van der Waals surface area contributed by atoms with Crippen LogP contribution in [0.25, 0.3) is 5.69 Å². The van der Waals surface area contributed by atoms with Crippen molar-refractivity contribution in [2.45, 2.75) is 19.5 Å². The molecule has 6 heteroatoms. The summed E-state index contributed by atoms with van der Waals surface area (Å²) in [7, 11) is 0. The lowest BCUT2D eigenvalue weighted by molar-refractivity contribution is 0.811. The first kappa shape index (κ1) is 21.9. The maximum absolute atomic E-state index is 6.88. The maximum Gasteiger partial charge on any atom is 0.213 e. The summed E-state index contributed by atoms with van der Waals surface area (Å²) in [5.41, 5.74) is 7.47. The second-order valence-electron chi connectivity index (χ2n) is 9.34. The van der Waals surface area contributed by atoms with Crippen LogP contribution in [0.2, 0.25) is 5.02 Å². The molecule has 2 aliphatic rings. The second kappa shape index (κ2) is 8.64. The number of hydrogen-bond donors (Lipinski definition) is 0. The van der Waals surface area contributed by atoms with E-state index in [-0.39, 0.29) is 6.04 Å². The number of para-hydroxylation sites is 3. The second-order valence-corrected chi connectivity index (χ2v) is 9.74. The van der Waals surface area contributed by atoms with Crippen molar-refractivity contribution < 1.29 is 0 Å². The summed E-state index contributed by atoms with van der Waals surface area (Å²) in [5, 5.41) is 5.71. The van der Waals surface area contributed by atoms with E-state index in [2.05, 4.69) is 83.5 Å². The van der Waals surface area contributed by atoms with E-state index in [0.717, 1.165) is 50.7 Å². The molecule has 0 radical (unpaired) electrons. The number of aliphatic imine (C=N–C) groups is 1. The van der Waals surface area contributed by atoms with E-state index in [1.165, 1.54) is 5.56 Å². The molecule has 5 aromatic rings. The predicted molar refractivity (Wildman–Crippen MR) is 150 cm³/mol. The molecule has 0 saturated heterocycles. The van der Waals surface area contributed by atoms with Crippen molar-refractivity contribution in [1.29, 1.82) is 0 Å². The van der Waals surface area contributed by atoms with Gasteiger partial charge in [-0.15, -0.1) is 0 Å². The number of aromatic nitrogens is 2. The summed E-state index contributed by atoms with van der Waals surface area (Å²) in [5.74, 6) is 1.71. The van der Waals surface area contributed by atoms with Gasteiger partial charge in [-0.25, -0.2) is 4.68 Å². The Kier molecular flexibility index (Phi) is 5.11. The van der Waals surface area contributed by atoms with Crippen molar-refractivity contribution in [1.82, 2.24) is 9.78 Å². The van der Waals surface area contributed by atoms with E-state index in [9.17, 15) is 0 Å². The minimum absolute atomic E-state index is 0.171. The van der Waals surface area contributed by atoms with Gasteiger partial charge in [-0.05, 0) is 48.4 Å². The average Bonchev–Trinajstić information content (AvgIpc) is 3.44. The lowest BCUT2D eigenvalue weighted by atomic mass is 9.95. The molecular weight excluding hydrogens is 478 g/mol. The van der Waals surface area contributed by atoms with Crippen molar-refractivity contribution in [2.75, 3.05) is 9.80 Å². The van der Waals surface area contributed by atoms with Gasteiger partial charge in [-0.3, -0.25) is 4.90 Å². The SMILES string of the molecule is Cc1nn(-c2ccccc2)c2c1C(c1ccccc1Cl)N1C(=N2)N(Cc2ccccc2)c2ccccc21. The Bertz CT molecular complexity index is 1640. The number of fused-ring (bicyclic) bond motifs is 4. The van der Waals surface area contributed by atoms with Crippen LogP contribution in [-0.4, -0.2) is 15.7 Å². The third kappa shape index (κ3) is 3.46. The van der Waals surface area contributed by atoms with E-state index in [4.69, 9.17) is 21.7 Å². The van der Waals surface area contributed by atoms with Gasteiger partial charge in [0.15, 0.2) is 5.82 Å². The number of hydrogen-bond acceptors (Lipinski definition) is 4. The number of nitrogens with zero attached hydrogens (tertiary/aromatic N) is 5. The van der Waals surface area contributed by atoms with Crippen molar-refractivity contribution in [3.63, 3.8) is 0 Å². The first-order chi connectivity index (χ1) is 18.2. The summed E-state index contributed by atoms with van der Waals surface area (Å²) in [4.78, 5) is 9.95. The fourth-order valence-electron chi connectivity index (χ4n) is 5.45. The first-order valence-corrected chi connectivity index (χ1v) is 12.8. The van der Waals surface area contributed by atoms with Gasteiger partial charge >= 0.3 is 0 Å². The zero-order chi connectivity index (χ0) is 24.9. The molecule has 37 heavy (non-hydrogen) atoms. The zero-order valence-electron chi connectivity index (χ0n) is 20.3. The third-order valence-electron chi connectivity index (χ3n) is 7.09. The molecule has 0 spiro atoms. The molecule has 0 fully saturated rings. The molecule has 1 atom stereocenters. The lowest BCUT2D eigenvalue weighted by Crippen LogP contribution is -2.43. The Morgan fingerprint density at radius 1 is 0.757 bits per heavy atom. The van der Waals surface area contributed by atoms with Gasteiger partial charge in [-0.2, -0.15) is 10.1 Å². The van der Waals surface area contributed by atoms with Gasteiger partial charge in [0.2, 0.25) is 5.96 Å². The Balaban J connectivity index is 1.50. The highest BCUT2D eigenvalue weighted by atomic mass is 35.5. The van der Waals surface area contributed by atoms with E-state index in [1.54, 1.807) is 0 Å². The normalized spacial score (nSPS) is 15.7. The fraction of sp³-hybridized carbons (Fsp3) is 0.0968. The Morgan fingerprint density at radius 2 is 1.41 bits per heavy atom. The Morgan fingerprint density at radius 3 is 2.16 bits per heavy atom. The number of rotatable bonds is 4. The van der Waals surface area contributed by atoms with E-state index < -0.39 is 0 Å². The van der Waals surface area contributed by atoms with Crippen molar-refractivity contribution in [3.8, 4) is 5.69 Å².